The van der Waals surface area contributed by atoms with Crippen molar-refractivity contribution < 1.29 is 4.74 Å². The van der Waals surface area contributed by atoms with Gasteiger partial charge in [-0.3, -0.25) is 0 Å². The fourth-order valence-electron chi connectivity index (χ4n) is 3.26. The molecule has 2 unspecified atom stereocenters. The van der Waals surface area contributed by atoms with Gasteiger partial charge in [0.05, 0.1) is 11.6 Å². The molecule has 0 radical (unpaired) electrons. The first-order valence-electron chi connectivity index (χ1n) is 7.57. The third kappa shape index (κ3) is 3.38. The topological polar surface area (TPSA) is 34.1 Å². The van der Waals surface area contributed by atoms with Crippen molar-refractivity contribution in [1.29, 1.82) is 0 Å². The van der Waals surface area contributed by atoms with Crippen molar-refractivity contribution in [3.63, 3.8) is 0 Å². The van der Waals surface area contributed by atoms with Gasteiger partial charge < -0.3 is 10.1 Å². The van der Waals surface area contributed by atoms with Crippen LogP contribution in [0, 0.1) is 6.92 Å². The van der Waals surface area contributed by atoms with Crippen molar-refractivity contribution in [1.82, 2.24) is 10.3 Å². The van der Waals surface area contributed by atoms with Gasteiger partial charge in [-0.1, -0.05) is 0 Å². The summed E-state index contributed by atoms with van der Waals surface area (Å²) < 4.78 is 6.16. The molecule has 3 rings (SSSR count). The molecule has 2 aliphatic heterocycles. The van der Waals surface area contributed by atoms with E-state index < -0.39 is 0 Å². The minimum Gasteiger partial charge on any atom is -0.375 e. The summed E-state index contributed by atoms with van der Waals surface area (Å²) in [5.74, 6) is 2.52. The number of thiazole rings is 1. The SMILES string of the molecule is Cc1csc(C(C)NC2CCOC3(CCSCC3)C2)n1. The predicted molar refractivity (Wildman–Crippen MR) is 86.7 cm³/mol. The van der Waals surface area contributed by atoms with Crippen LogP contribution in [0.5, 0.6) is 0 Å². The largest absolute Gasteiger partial charge is 0.375 e. The fourth-order valence-corrected chi connectivity index (χ4v) is 5.31. The van der Waals surface area contributed by atoms with Crippen LogP contribution in [0.4, 0.5) is 0 Å². The molecule has 0 aromatic carbocycles. The maximum atomic E-state index is 6.16. The van der Waals surface area contributed by atoms with Crippen LogP contribution in [0.15, 0.2) is 5.38 Å². The molecule has 1 aromatic heterocycles. The average molecular weight is 313 g/mol. The molecule has 0 aliphatic carbocycles. The lowest BCUT2D eigenvalue weighted by molar-refractivity contribution is -0.0940. The molecule has 112 valence electrons. The molecule has 1 spiro atoms. The van der Waals surface area contributed by atoms with Crippen LogP contribution < -0.4 is 5.32 Å². The molecular weight excluding hydrogens is 288 g/mol. The maximum absolute atomic E-state index is 6.16. The normalized spacial score (nSPS) is 27.6. The average Bonchev–Trinajstić information content (AvgIpc) is 2.86. The first-order valence-corrected chi connectivity index (χ1v) is 9.60. The van der Waals surface area contributed by atoms with E-state index >= 15 is 0 Å². The molecule has 0 bridgehead atoms. The van der Waals surface area contributed by atoms with Crippen molar-refractivity contribution in [3.05, 3.63) is 16.1 Å². The Kier molecular flexibility index (Phi) is 4.70. The number of aryl methyl sites for hydroxylation is 1. The van der Waals surface area contributed by atoms with Gasteiger partial charge in [-0.15, -0.1) is 11.3 Å². The van der Waals surface area contributed by atoms with E-state index in [-0.39, 0.29) is 5.60 Å². The summed E-state index contributed by atoms with van der Waals surface area (Å²) in [4.78, 5) is 4.60. The summed E-state index contributed by atoms with van der Waals surface area (Å²) in [5.41, 5.74) is 1.30. The summed E-state index contributed by atoms with van der Waals surface area (Å²) in [6.07, 6.45) is 4.74. The highest BCUT2D eigenvalue weighted by molar-refractivity contribution is 7.99. The minimum absolute atomic E-state index is 0.166. The van der Waals surface area contributed by atoms with E-state index in [0.717, 1.165) is 18.7 Å². The zero-order chi connectivity index (χ0) is 14.0. The van der Waals surface area contributed by atoms with Gasteiger partial charge >= 0.3 is 0 Å². The first-order chi connectivity index (χ1) is 9.67. The molecule has 3 nitrogen and oxygen atoms in total. The number of thioether (sulfide) groups is 1. The molecule has 2 aliphatic rings. The number of nitrogens with one attached hydrogen (secondary N) is 1. The standard InChI is InChI=1S/C15H24N2OS2/c1-11-10-20-14(16-11)12(2)17-13-3-6-18-15(9-13)4-7-19-8-5-15/h10,12-13,17H,3-9H2,1-2H3. The highest BCUT2D eigenvalue weighted by Crippen LogP contribution is 2.38. The van der Waals surface area contributed by atoms with Crippen LogP contribution in [0.25, 0.3) is 0 Å². The molecule has 0 amide bonds. The monoisotopic (exact) mass is 312 g/mol. The van der Waals surface area contributed by atoms with Crippen LogP contribution >= 0.6 is 23.1 Å². The molecule has 0 saturated carbocycles. The highest BCUT2D eigenvalue weighted by atomic mass is 32.2. The fraction of sp³-hybridized carbons (Fsp3) is 0.800. The van der Waals surface area contributed by atoms with Crippen LogP contribution in [-0.4, -0.2) is 34.7 Å². The van der Waals surface area contributed by atoms with Crippen molar-refractivity contribution in [2.45, 2.75) is 57.2 Å². The summed E-state index contributed by atoms with van der Waals surface area (Å²) in [6, 6.07) is 0.929. The Hall–Kier alpha value is -0.100. The van der Waals surface area contributed by atoms with Crippen molar-refractivity contribution in [2.24, 2.45) is 0 Å². The Bertz CT molecular complexity index is 437. The van der Waals surface area contributed by atoms with E-state index in [2.05, 4.69) is 41.3 Å². The summed E-state index contributed by atoms with van der Waals surface area (Å²) in [7, 11) is 0. The molecule has 3 heterocycles. The van der Waals surface area contributed by atoms with Crippen LogP contribution in [0.2, 0.25) is 0 Å². The second-order valence-electron chi connectivity index (χ2n) is 6.05. The van der Waals surface area contributed by atoms with E-state index in [1.165, 1.54) is 35.8 Å². The Balaban J connectivity index is 1.59. The van der Waals surface area contributed by atoms with Crippen LogP contribution in [0.1, 0.15) is 49.4 Å². The Labute approximate surface area is 129 Å². The molecule has 2 fully saturated rings. The zero-order valence-corrected chi connectivity index (χ0v) is 14.0. The third-order valence-corrected chi connectivity index (χ3v) is 6.52. The van der Waals surface area contributed by atoms with Crippen molar-refractivity contribution in [2.75, 3.05) is 18.1 Å². The smallest absolute Gasteiger partial charge is 0.110 e. The van der Waals surface area contributed by atoms with E-state index in [1.807, 2.05) is 0 Å². The quantitative estimate of drug-likeness (QED) is 0.925. The lowest BCUT2D eigenvalue weighted by atomic mass is 9.85. The van der Waals surface area contributed by atoms with Gasteiger partial charge in [0.15, 0.2) is 0 Å². The van der Waals surface area contributed by atoms with E-state index in [4.69, 9.17) is 4.74 Å². The minimum atomic E-state index is 0.166. The number of hydrogen-bond acceptors (Lipinski definition) is 5. The zero-order valence-electron chi connectivity index (χ0n) is 12.4. The number of aromatic nitrogens is 1. The van der Waals surface area contributed by atoms with Crippen LogP contribution in [0.3, 0.4) is 0 Å². The van der Waals surface area contributed by atoms with Gasteiger partial charge in [0.2, 0.25) is 0 Å². The molecule has 2 saturated heterocycles. The van der Waals surface area contributed by atoms with Gasteiger partial charge in [-0.05, 0) is 51.0 Å². The third-order valence-electron chi connectivity index (χ3n) is 4.39. The van der Waals surface area contributed by atoms with Crippen LogP contribution in [-0.2, 0) is 4.74 Å². The summed E-state index contributed by atoms with van der Waals surface area (Å²) >= 11 is 3.83. The van der Waals surface area contributed by atoms with E-state index in [9.17, 15) is 0 Å². The highest BCUT2D eigenvalue weighted by Gasteiger charge is 2.39. The molecule has 20 heavy (non-hydrogen) atoms. The van der Waals surface area contributed by atoms with Crippen molar-refractivity contribution in [3.8, 4) is 0 Å². The Morgan fingerprint density at radius 3 is 2.95 bits per heavy atom. The molecule has 1 N–H and O–H groups in total. The lowest BCUT2D eigenvalue weighted by Gasteiger charge is -2.44. The number of hydrogen-bond donors (Lipinski definition) is 1. The molecule has 5 heteroatoms. The van der Waals surface area contributed by atoms with Gasteiger partial charge in [0.1, 0.15) is 5.01 Å². The van der Waals surface area contributed by atoms with Gasteiger partial charge in [-0.2, -0.15) is 11.8 Å². The lowest BCUT2D eigenvalue weighted by Crippen LogP contribution is -2.49. The molecule has 2 atom stereocenters. The second-order valence-corrected chi connectivity index (χ2v) is 8.16. The maximum Gasteiger partial charge on any atom is 0.110 e. The van der Waals surface area contributed by atoms with Gasteiger partial charge in [0, 0.05) is 23.7 Å². The Morgan fingerprint density at radius 2 is 2.25 bits per heavy atom. The number of nitrogens with zero attached hydrogens (tertiary/aromatic N) is 1. The van der Waals surface area contributed by atoms with E-state index in [1.54, 1.807) is 11.3 Å². The summed E-state index contributed by atoms with van der Waals surface area (Å²) in [5, 5.41) is 7.13. The van der Waals surface area contributed by atoms with E-state index in [0.29, 0.717) is 12.1 Å². The molecular formula is C15H24N2OS2. The number of rotatable bonds is 3. The number of ether oxygens (including phenoxy) is 1. The van der Waals surface area contributed by atoms with Crippen molar-refractivity contribution >= 4 is 23.1 Å². The Morgan fingerprint density at radius 1 is 1.45 bits per heavy atom. The molecule has 1 aromatic rings. The van der Waals surface area contributed by atoms with Gasteiger partial charge in [0.25, 0.3) is 0 Å². The predicted octanol–water partition coefficient (Wildman–Crippen LogP) is 3.55. The van der Waals surface area contributed by atoms with Gasteiger partial charge in [-0.25, -0.2) is 4.98 Å². The summed E-state index contributed by atoms with van der Waals surface area (Å²) in [6.45, 7) is 5.21. The second kappa shape index (κ2) is 6.34. The first kappa shape index (κ1) is 14.8.